The number of pyridine rings is 2. The number of aliphatic hydroxyl groups excluding tert-OH is 1. The van der Waals surface area contributed by atoms with Crippen LogP contribution in [0.4, 0.5) is 0 Å². The van der Waals surface area contributed by atoms with Gasteiger partial charge in [0.2, 0.25) is 0 Å². The van der Waals surface area contributed by atoms with Crippen LogP contribution in [-0.4, -0.2) is 43.5 Å². The fraction of sp³-hybridized carbons (Fsp3) is 0.444. The van der Waals surface area contributed by atoms with Crippen LogP contribution < -0.4 is 5.69 Å². The minimum absolute atomic E-state index is 0.00849. The van der Waals surface area contributed by atoms with Crippen LogP contribution in [-0.2, 0) is 11.8 Å². The van der Waals surface area contributed by atoms with Crippen molar-refractivity contribution in [3.8, 4) is 11.1 Å². The first-order valence-electron chi connectivity index (χ1n) is 12.0. The van der Waals surface area contributed by atoms with Gasteiger partial charge in [-0.25, -0.2) is 4.79 Å². The van der Waals surface area contributed by atoms with E-state index in [4.69, 9.17) is 4.74 Å². The molecule has 1 aromatic carbocycles. The van der Waals surface area contributed by atoms with Gasteiger partial charge in [0, 0.05) is 35.9 Å². The summed E-state index contributed by atoms with van der Waals surface area (Å²) in [5, 5.41) is 10.2. The van der Waals surface area contributed by atoms with Crippen molar-refractivity contribution in [3.63, 3.8) is 0 Å². The normalized spacial score (nSPS) is 23.1. The molecule has 1 fully saturated rings. The van der Waals surface area contributed by atoms with E-state index in [2.05, 4.69) is 42.0 Å². The third kappa shape index (κ3) is 3.83. The number of hydrogen-bond donors (Lipinski definition) is 1. The molecule has 3 heterocycles. The summed E-state index contributed by atoms with van der Waals surface area (Å²) in [5.41, 5.74) is 5.72. The molecule has 0 radical (unpaired) electrons. The van der Waals surface area contributed by atoms with Crippen LogP contribution in [0.3, 0.4) is 0 Å². The monoisotopic (exact) mass is 460 g/mol. The summed E-state index contributed by atoms with van der Waals surface area (Å²) in [6.07, 6.45) is 5.49. The molecule has 0 spiro atoms. The number of ether oxygens (including phenoxy) is 1. The third-order valence-corrected chi connectivity index (χ3v) is 7.34. The smallest absolute Gasteiger partial charge is 0.329 e. The van der Waals surface area contributed by atoms with E-state index >= 15 is 0 Å². The van der Waals surface area contributed by atoms with E-state index in [1.165, 1.54) is 0 Å². The summed E-state index contributed by atoms with van der Waals surface area (Å²) in [6, 6.07) is 10.4. The lowest BCUT2D eigenvalue weighted by Crippen LogP contribution is -2.40. The predicted octanol–water partition coefficient (Wildman–Crippen LogP) is 4.24. The molecular formula is C27H32N4O3. The molecule has 1 N–H and O–H groups in total. The van der Waals surface area contributed by atoms with Crippen LogP contribution in [0.5, 0.6) is 0 Å². The Morgan fingerprint density at radius 2 is 1.79 bits per heavy atom. The van der Waals surface area contributed by atoms with Gasteiger partial charge in [-0.3, -0.25) is 19.1 Å². The molecule has 3 aromatic heterocycles. The first kappa shape index (κ1) is 22.7. The number of fused-ring (bicyclic) bond motifs is 3. The van der Waals surface area contributed by atoms with E-state index in [0.717, 1.165) is 51.6 Å². The minimum atomic E-state index is -0.00849. The Balaban J connectivity index is 1.65. The van der Waals surface area contributed by atoms with Gasteiger partial charge in [-0.2, -0.15) is 0 Å². The van der Waals surface area contributed by atoms with Crippen molar-refractivity contribution in [1.29, 1.82) is 0 Å². The second-order valence-corrected chi connectivity index (χ2v) is 9.76. The molecule has 34 heavy (non-hydrogen) atoms. The molecule has 1 aliphatic rings. The van der Waals surface area contributed by atoms with E-state index in [0.29, 0.717) is 6.61 Å². The van der Waals surface area contributed by atoms with Crippen molar-refractivity contribution >= 4 is 21.9 Å². The van der Waals surface area contributed by atoms with Gasteiger partial charge in [-0.15, -0.1) is 0 Å². The first-order valence-corrected chi connectivity index (χ1v) is 12.0. The highest BCUT2D eigenvalue weighted by atomic mass is 16.5. The predicted molar refractivity (Wildman–Crippen MR) is 134 cm³/mol. The maximum Gasteiger partial charge on any atom is 0.329 e. The molecule has 178 valence electrons. The zero-order chi connectivity index (χ0) is 24.0. The van der Waals surface area contributed by atoms with Gasteiger partial charge in [0.05, 0.1) is 42.1 Å². The quantitative estimate of drug-likeness (QED) is 0.482. The number of rotatable bonds is 5. The topological polar surface area (TPSA) is 82.2 Å². The van der Waals surface area contributed by atoms with Gasteiger partial charge < -0.3 is 9.84 Å². The maximum atomic E-state index is 13.5. The molecule has 1 saturated carbocycles. The van der Waals surface area contributed by atoms with Gasteiger partial charge in [0.25, 0.3) is 0 Å². The number of aliphatic hydroxyl groups is 1. The molecule has 7 nitrogen and oxygen atoms in total. The van der Waals surface area contributed by atoms with Crippen LogP contribution in [0, 0.1) is 18.8 Å². The summed E-state index contributed by atoms with van der Waals surface area (Å²) in [4.78, 5) is 22.6. The maximum absolute atomic E-state index is 13.5. The van der Waals surface area contributed by atoms with Crippen LogP contribution >= 0.6 is 0 Å². The Bertz CT molecular complexity index is 1380. The minimum Gasteiger partial charge on any atom is -0.394 e. The number of nitrogens with zero attached hydrogens (tertiary/aromatic N) is 4. The SMILES string of the molecule is Cc1ccc(-c2ccc3ncc4c(c3c2)n(C2CC(C)C(OCCO)C(C)C2)c(=O)n4C)cn1. The zero-order valence-corrected chi connectivity index (χ0v) is 20.2. The Morgan fingerprint density at radius 3 is 2.47 bits per heavy atom. The van der Waals surface area contributed by atoms with Crippen LogP contribution in [0.2, 0.25) is 0 Å². The average Bonchev–Trinajstić information content (AvgIpc) is 3.09. The van der Waals surface area contributed by atoms with Gasteiger partial charge in [-0.05, 0) is 55.4 Å². The fourth-order valence-corrected chi connectivity index (χ4v) is 5.70. The van der Waals surface area contributed by atoms with E-state index in [-0.39, 0.29) is 36.3 Å². The third-order valence-electron chi connectivity index (χ3n) is 7.34. The van der Waals surface area contributed by atoms with Gasteiger partial charge >= 0.3 is 5.69 Å². The van der Waals surface area contributed by atoms with Crippen molar-refractivity contribution in [2.45, 2.75) is 45.8 Å². The highest BCUT2D eigenvalue weighted by Crippen LogP contribution is 2.40. The lowest BCUT2D eigenvalue weighted by Gasteiger charge is -2.39. The summed E-state index contributed by atoms with van der Waals surface area (Å²) in [6.45, 7) is 6.73. The van der Waals surface area contributed by atoms with E-state index in [1.54, 1.807) is 4.57 Å². The lowest BCUT2D eigenvalue weighted by molar-refractivity contribution is -0.0587. The van der Waals surface area contributed by atoms with Crippen molar-refractivity contribution in [2.24, 2.45) is 18.9 Å². The fourth-order valence-electron chi connectivity index (χ4n) is 5.70. The highest BCUT2D eigenvalue weighted by Gasteiger charge is 2.36. The Kier molecular flexibility index (Phi) is 6.00. The summed E-state index contributed by atoms with van der Waals surface area (Å²) >= 11 is 0. The molecule has 0 amide bonds. The lowest BCUT2D eigenvalue weighted by atomic mass is 9.77. The zero-order valence-electron chi connectivity index (χ0n) is 20.2. The summed E-state index contributed by atoms with van der Waals surface area (Å²) in [5.74, 6) is 0.564. The highest BCUT2D eigenvalue weighted by molar-refractivity contribution is 6.04. The number of imidazole rings is 1. The van der Waals surface area contributed by atoms with Gasteiger partial charge in [0.15, 0.2) is 0 Å². The number of hydrogen-bond acceptors (Lipinski definition) is 5. The van der Waals surface area contributed by atoms with Crippen LogP contribution in [0.15, 0.2) is 47.5 Å². The molecular weight excluding hydrogens is 428 g/mol. The largest absolute Gasteiger partial charge is 0.394 e. The molecule has 0 aliphatic heterocycles. The van der Waals surface area contributed by atoms with Gasteiger partial charge in [0.1, 0.15) is 0 Å². The summed E-state index contributed by atoms with van der Waals surface area (Å²) in [7, 11) is 1.82. The standard InChI is InChI=1S/C27H32N4O3/c1-16-11-21(12-17(2)26(16)34-10-9-32)31-25-22-13-19(20-6-5-18(3)28-14-20)7-8-23(22)29-15-24(25)30(4)27(31)33/h5-8,13-17,21,26,32H,9-12H2,1-4H3. The van der Waals surface area contributed by atoms with Crippen molar-refractivity contribution in [3.05, 3.63) is 58.9 Å². The van der Waals surface area contributed by atoms with E-state index < -0.39 is 0 Å². The molecule has 0 saturated heterocycles. The van der Waals surface area contributed by atoms with Crippen molar-refractivity contribution < 1.29 is 9.84 Å². The Labute approximate surface area is 199 Å². The molecule has 0 bridgehead atoms. The molecule has 2 atom stereocenters. The van der Waals surface area contributed by atoms with Crippen LogP contribution in [0.1, 0.15) is 38.4 Å². The number of aromatic nitrogens is 4. The van der Waals surface area contributed by atoms with Crippen molar-refractivity contribution in [2.75, 3.05) is 13.2 Å². The molecule has 5 rings (SSSR count). The van der Waals surface area contributed by atoms with Crippen molar-refractivity contribution in [1.82, 2.24) is 19.1 Å². The average molecular weight is 461 g/mol. The second-order valence-electron chi connectivity index (χ2n) is 9.76. The molecule has 4 aromatic rings. The van der Waals surface area contributed by atoms with Gasteiger partial charge in [-0.1, -0.05) is 26.0 Å². The number of aryl methyl sites for hydroxylation is 2. The summed E-state index contributed by atoms with van der Waals surface area (Å²) < 4.78 is 9.65. The number of benzene rings is 1. The molecule has 1 aliphatic carbocycles. The second kappa shape index (κ2) is 8.96. The molecule has 7 heteroatoms. The van der Waals surface area contributed by atoms with E-state index in [9.17, 15) is 9.90 Å². The van der Waals surface area contributed by atoms with Crippen LogP contribution in [0.25, 0.3) is 33.1 Å². The Hall–Kier alpha value is -3.03. The first-order chi connectivity index (χ1) is 16.4. The molecule has 2 unspecified atom stereocenters. The Morgan fingerprint density at radius 1 is 1.06 bits per heavy atom. The van der Waals surface area contributed by atoms with E-state index in [1.807, 2.05) is 43.1 Å².